The molecule has 1 heterocycles. The smallest absolute Gasteiger partial charge is 0.315 e. The van der Waals surface area contributed by atoms with Gasteiger partial charge in [-0.15, -0.1) is 0 Å². The van der Waals surface area contributed by atoms with Gasteiger partial charge in [0.25, 0.3) is 5.91 Å². The molecule has 13 heteroatoms. The molecule has 0 spiro atoms. The van der Waals surface area contributed by atoms with E-state index in [0.29, 0.717) is 31.7 Å². The highest BCUT2D eigenvalue weighted by molar-refractivity contribution is 7.92. The van der Waals surface area contributed by atoms with Crippen molar-refractivity contribution in [3.8, 4) is 0 Å². The Labute approximate surface area is 298 Å². The lowest BCUT2D eigenvalue weighted by molar-refractivity contribution is -0.145. The number of carbonyl (C=O) groups excluding carboxylic acids is 5. The topological polar surface area (TPSA) is 171 Å². The first-order chi connectivity index (χ1) is 23.1. The van der Waals surface area contributed by atoms with E-state index < -0.39 is 73.2 Å². The molecule has 282 valence electrons. The average molecular weight is 720 g/mol. The molecule has 1 unspecified atom stereocenters. The predicted molar refractivity (Wildman–Crippen MR) is 191 cm³/mol. The number of likely N-dealkylation sites (tertiary alicyclic amines) is 1. The number of Topliss-reactive ketones (excluding diaryl/α,β-unsaturated/α-hetero) is 1. The van der Waals surface area contributed by atoms with E-state index in [1.807, 2.05) is 20.8 Å². The number of rotatable bonds is 13. The quantitative estimate of drug-likeness (QED) is 0.211. The van der Waals surface area contributed by atoms with Crippen LogP contribution in [0, 0.1) is 28.6 Å². The lowest BCUT2D eigenvalue weighted by atomic mass is 9.83. The number of nitrogens with zero attached hydrogens (tertiary/aromatic N) is 1. The number of amides is 5. The van der Waals surface area contributed by atoms with Crippen LogP contribution in [0.1, 0.15) is 126 Å². The second-order valence-corrected chi connectivity index (χ2v) is 21.4. The number of carbonyl (C=O) groups is 5. The zero-order valence-corrected chi connectivity index (χ0v) is 32.3. The number of fused-ring (bicyclic) bond motifs is 1. The molecular weight excluding hydrogens is 659 g/mol. The molecule has 0 bridgehead atoms. The number of hydrogen-bond donors (Lipinski definition) is 4. The largest absolute Gasteiger partial charge is 0.347 e. The van der Waals surface area contributed by atoms with E-state index in [1.54, 1.807) is 25.7 Å². The second-order valence-electron chi connectivity index (χ2n) is 18.7. The highest BCUT2D eigenvalue weighted by Crippen LogP contribution is 2.65. The van der Waals surface area contributed by atoms with Crippen molar-refractivity contribution in [3.05, 3.63) is 0 Å². The van der Waals surface area contributed by atoms with Gasteiger partial charge in [-0.2, -0.15) is 0 Å². The van der Waals surface area contributed by atoms with Crippen LogP contribution in [0.25, 0.3) is 0 Å². The van der Waals surface area contributed by atoms with E-state index in [-0.39, 0.29) is 29.0 Å². The van der Waals surface area contributed by atoms with E-state index in [1.165, 1.54) is 0 Å². The van der Waals surface area contributed by atoms with Crippen molar-refractivity contribution >= 4 is 39.4 Å². The molecule has 0 aromatic carbocycles. The molecule has 0 radical (unpaired) electrons. The molecule has 1 saturated heterocycles. The Morgan fingerprint density at radius 3 is 2.04 bits per heavy atom. The maximum Gasteiger partial charge on any atom is 0.315 e. The molecule has 4 aliphatic carbocycles. The monoisotopic (exact) mass is 719 g/mol. The van der Waals surface area contributed by atoms with Crippen LogP contribution in [0.4, 0.5) is 4.79 Å². The summed E-state index contributed by atoms with van der Waals surface area (Å²) in [4.78, 5) is 70.1. The molecule has 0 aromatic heterocycles. The summed E-state index contributed by atoms with van der Waals surface area (Å²) in [6.07, 6.45) is 8.52. The second kappa shape index (κ2) is 13.7. The minimum Gasteiger partial charge on any atom is -0.347 e. The van der Waals surface area contributed by atoms with Gasteiger partial charge in [-0.05, 0) is 87.9 Å². The van der Waals surface area contributed by atoms with E-state index in [4.69, 9.17) is 0 Å². The molecule has 5 aliphatic rings. The lowest BCUT2D eigenvalue weighted by Crippen LogP contribution is -2.64. The maximum absolute atomic E-state index is 14.5. The average Bonchev–Trinajstić information content (AvgIpc) is 3.95. The Hall–Kier alpha value is -2.70. The Morgan fingerprint density at radius 1 is 0.880 bits per heavy atom. The molecular formula is C37H61N5O7S. The third kappa shape index (κ3) is 8.49. The Balaban J connectivity index is 1.33. The van der Waals surface area contributed by atoms with Gasteiger partial charge in [0, 0.05) is 12.6 Å². The van der Waals surface area contributed by atoms with Gasteiger partial charge >= 0.3 is 6.03 Å². The first-order valence-electron chi connectivity index (χ1n) is 18.8. The van der Waals surface area contributed by atoms with Gasteiger partial charge in [-0.1, -0.05) is 66.7 Å². The SMILES string of the molecule is CC(C)(C)C(NC(=O)NC1(CS(=O)(=O)C(C)(C)C)CCCCC1)C(=O)N1C[C@H]2[C@@H]([C@H]1C(=O)N[C@@H](CCC1CC1)C(=O)C(=O)NC1CC1)C2(C)C. The fraction of sp³-hybridized carbons (Fsp3) is 0.865. The van der Waals surface area contributed by atoms with Gasteiger partial charge in [0.2, 0.25) is 17.6 Å². The number of hydrogen-bond acceptors (Lipinski definition) is 7. The summed E-state index contributed by atoms with van der Waals surface area (Å²) < 4.78 is 25.7. The maximum atomic E-state index is 14.5. The van der Waals surface area contributed by atoms with E-state index >= 15 is 0 Å². The summed E-state index contributed by atoms with van der Waals surface area (Å²) in [7, 11) is -3.56. The highest BCUT2D eigenvalue weighted by atomic mass is 32.2. The van der Waals surface area contributed by atoms with E-state index in [0.717, 1.165) is 51.4 Å². The molecule has 5 rings (SSSR count). The summed E-state index contributed by atoms with van der Waals surface area (Å²) in [5.41, 5.74) is -1.89. The normalized spacial score (nSPS) is 27.0. The van der Waals surface area contributed by atoms with Crippen molar-refractivity contribution in [1.82, 2.24) is 26.2 Å². The van der Waals surface area contributed by atoms with E-state index in [9.17, 15) is 32.4 Å². The van der Waals surface area contributed by atoms with Crippen LogP contribution in [-0.4, -0.2) is 89.6 Å². The van der Waals surface area contributed by atoms with Crippen LogP contribution < -0.4 is 21.3 Å². The van der Waals surface area contributed by atoms with Gasteiger partial charge in [-0.25, -0.2) is 13.2 Å². The van der Waals surface area contributed by atoms with Crippen LogP contribution >= 0.6 is 0 Å². The number of piperidine rings is 1. The predicted octanol–water partition coefficient (Wildman–Crippen LogP) is 3.62. The minimum atomic E-state index is -3.56. The van der Waals surface area contributed by atoms with Gasteiger partial charge < -0.3 is 26.2 Å². The molecule has 1 aliphatic heterocycles. The fourth-order valence-corrected chi connectivity index (χ4v) is 9.65. The van der Waals surface area contributed by atoms with Gasteiger partial charge in [0.05, 0.1) is 22.1 Å². The number of ketones is 1. The van der Waals surface area contributed by atoms with Crippen LogP contribution in [0.3, 0.4) is 0 Å². The van der Waals surface area contributed by atoms with Crippen molar-refractivity contribution in [2.45, 2.75) is 160 Å². The van der Waals surface area contributed by atoms with E-state index in [2.05, 4.69) is 35.1 Å². The summed E-state index contributed by atoms with van der Waals surface area (Å²) in [5, 5.41) is 11.6. The molecule has 5 fully saturated rings. The molecule has 5 amide bonds. The highest BCUT2D eigenvalue weighted by Gasteiger charge is 2.70. The lowest BCUT2D eigenvalue weighted by Gasteiger charge is -2.41. The van der Waals surface area contributed by atoms with Crippen molar-refractivity contribution < 1.29 is 32.4 Å². The summed E-state index contributed by atoms with van der Waals surface area (Å²) in [6.45, 7) is 15.0. The molecule has 4 saturated carbocycles. The molecule has 5 atom stereocenters. The minimum absolute atomic E-state index is 0.0112. The standard InChI is InChI=1S/C37H61N5O7S/c1-34(2,3)29(40-33(47)41-37(18-10-9-11-19-37)21-50(48,49)35(4,5)6)32(46)42-20-24-26(36(24,7)8)27(42)30(44)39-25(17-14-22-12-13-22)28(43)31(45)38-23-15-16-23/h22-27,29H,9-21H2,1-8H3,(H,38,45)(H,39,44)(H2,40,41,47)/t24-,25-,26-,27-,29?/m0/s1. The van der Waals surface area contributed by atoms with Crippen molar-refractivity contribution in [2.75, 3.05) is 12.3 Å². The first kappa shape index (κ1) is 38.5. The van der Waals surface area contributed by atoms with Gasteiger partial charge in [-0.3, -0.25) is 19.2 Å². The Bertz CT molecular complexity index is 1470. The van der Waals surface area contributed by atoms with Crippen LogP contribution in [0.2, 0.25) is 0 Å². The van der Waals surface area contributed by atoms with Crippen molar-refractivity contribution in [1.29, 1.82) is 0 Å². The van der Waals surface area contributed by atoms with Gasteiger partial charge in [0.1, 0.15) is 12.1 Å². The van der Waals surface area contributed by atoms with Crippen molar-refractivity contribution in [3.63, 3.8) is 0 Å². The zero-order chi connectivity index (χ0) is 37.0. The van der Waals surface area contributed by atoms with Gasteiger partial charge in [0.15, 0.2) is 9.84 Å². The molecule has 4 N–H and O–H groups in total. The number of sulfone groups is 1. The summed E-state index contributed by atoms with van der Waals surface area (Å²) in [5.74, 6) is -1.92. The van der Waals surface area contributed by atoms with Crippen LogP contribution in [0.5, 0.6) is 0 Å². The number of urea groups is 1. The van der Waals surface area contributed by atoms with Crippen molar-refractivity contribution in [2.24, 2.45) is 28.6 Å². The molecule has 0 aromatic rings. The Kier molecular flexibility index (Phi) is 10.6. The fourth-order valence-electron chi connectivity index (χ4n) is 8.13. The molecule has 12 nitrogen and oxygen atoms in total. The number of nitrogens with one attached hydrogen (secondary N) is 4. The van der Waals surface area contributed by atoms with Crippen LogP contribution in [0.15, 0.2) is 0 Å². The molecule has 50 heavy (non-hydrogen) atoms. The summed E-state index contributed by atoms with van der Waals surface area (Å²) >= 11 is 0. The summed E-state index contributed by atoms with van der Waals surface area (Å²) in [6, 6.07) is -3.45. The third-order valence-electron chi connectivity index (χ3n) is 12.1. The zero-order valence-electron chi connectivity index (χ0n) is 31.4. The Morgan fingerprint density at radius 2 is 1.50 bits per heavy atom. The first-order valence-corrected chi connectivity index (χ1v) is 20.5. The van der Waals surface area contributed by atoms with Crippen LogP contribution in [-0.2, 0) is 29.0 Å². The third-order valence-corrected chi connectivity index (χ3v) is 14.9.